The summed E-state index contributed by atoms with van der Waals surface area (Å²) >= 11 is 0. The molecule has 0 aliphatic carbocycles. The van der Waals surface area contributed by atoms with Gasteiger partial charge in [-0.3, -0.25) is 0 Å². The van der Waals surface area contributed by atoms with Crippen LogP contribution in [0.3, 0.4) is 0 Å². The van der Waals surface area contributed by atoms with Crippen molar-refractivity contribution in [1.29, 1.82) is 0 Å². The van der Waals surface area contributed by atoms with Crippen molar-refractivity contribution in [3.8, 4) is 0 Å². The average molecular weight is 186 g/mol. The average Bonchev–Trinajstić information content (AvgIpc) is 2.02. The number of anilines is 1. The zero-order chi connectivity index (χ0) is 9.90. The van der Waals surface area contributed by atoms with Crippen LogP contribution in [-0.4, -0.2) is 6.98 Å². The lowest BCUT2D eigenvalue weighted by molar-refractivity contribution is 0.499. The Kier molecular flexibility index (Phi) is 2.65. The molecule has 0 unspecified atom stereocenters. The molecule has 0 aromatic heterocycles. The first kappa shape index (κ1) is 9.70. The van der Waals surface area contributed by atoms with Crippen molar-refractivity contribution in [1.82, 2.24) is 0 Å². The molecule has 1 rings (SSSR count). The highest BCUT2D eigenvalue weighted by atomic mass is 19.4. The van der Waals surface area contributed by atoms with Crippen molar-refractivity contribution in [3.63, 3.8) is 0 Å². The molecule has 0 spiro atoms. The molecule has 0 heterocycles. The van der Waals surface area contributed by atoms with Crippen molar-refractivity contribution in [2.75, 3.05) is 5.73 Å². The van der Waals surface area contributed by atoms with Crippen molar-refractivity contribution in [2.24, 2.45) is 0 Å². The highest BCUT2D eigenvalue weighted by molar-refractivity contribution is 6.64. The molecule has 2 N–H and O–H groups in total. The van der Waals surface area contributed by atoms with Gasteiger partial charge in [-0.05, 0) is 17.7 Å². The Morgan fingerprint density at radius 3 is 2.08 bits per heavy atom. The van der Waals surface area contributed by atoms with Gasteiger partial charge in [0.1, 0.15) is 0 Å². The molecule has 1 aromatic carbocycles. The summed E-state index contributed by atoms with van der Waals surface area (Å²) in [5, 5.41) is 0. The first-order chi connectivity index (χ1) is 5.97. The van der Waals surface area contributed by atoms with Gasteiger partial charge in [-0.1, -0.05) is 18.2 Å². The van der Waals surface area contributed by atoms with Gasteiger partial charge in [0, 0.05) is 5.69 Å². The molecule has 0 aliphatic heterocycles. The highest BCUT2D eigenvalue weighted by Gasteiger charge is 2.16. The SMILES string of the molecule is Nc1ccc(/C=C/[B-](F)(F)F)cc1. The number of halogens is 3. The highest BCUT2D eigenvalue weighted by Crippen LogP contribution is 2.13. The van der Waals surface area contributed by atoms with Crippen LogP contribution < -0.4 is 5.73 Å². The van der Waals surface area contributed by atoms with Crippen LogP contribution in [0.4, 0.5) is 18.6 Å². The standard InChI is InChI=1S/C8H8BF3N/c10-9(11,12)6-5-7-1-3-8(13)4-2-7/h1-6H,13H2/q-1/b6-5+. The fourth-order valence-electron chi connectivity index (χ4n) is 0.827. The third kappa shape index (κ3) is 3.69. The summed E-state index contributed by atoms with van der Waals surface area (Å²) in [7, 11) is 0. The molecule has 13 heavy (non-hydrogen) atoms. The van der Waals surface area contributed by atoms with Crippen LogP contribution in [0.2, 0.25) is 0 Å². The van der Waals surface area contributed by atoms with Gasteiger partial charge < -0.3 is 18.7 Å². The monoisotopic (exact) mass is 186 g/mol. The Balaban J connectivity index is 2.75. The Labute approximate surface area is 74.1 Å². The number of hydrogen-bond donors (Lipinski definition) is 1. The van der Waals surface area contributed by atoms with E-state index >= 15 is 0 Å². The topological polar surface area (TPSA) is 26.0 Å². The summed E-state index contributed by atoms with van der Waals surface area (Å²) in [6.45, 7) is -4.85. The van der Waals surface area contributed by atoms with Crippen molar-refractivity contribution < 1.29 is 12.9 Å². The summed E-state index contributed by atoms with van der Waals surface area (Å²) in [5.41, 5.74) is 6.40. The van der Waals surface area contributed by atoms with E-state index in [0.717, 1.165) is 6.08 Å². The van der Waals surface area contributed by atoms with Crippen LogP contribution in [0.25, 0.3) is 6.08 Å². The van der Waals surface area contributed by atoms with E-state index in [4.69, 9.17) is 5.73 Å². The van der Waals surface area contributed by atoms with Crippen LogP contribution in [0.15, 0.2) is 30.2 Å². The normalized spacial score (nSPS) is 12.2. The lowest BCUT2D eigenvalue weighted by Crippen LogP contribution is -2.09. The second-order valence-corrected chi connectivity index (χ2v) is 2.65. The maximum Gasteiger partial charge on any atom is 0.502 e. The quantitative estimate of drug-likeness (QED) is 0.557. The summed E-state index contributed by atoms with van der Waals surface area (Å²) in [4.78, 5) is 0. The Bertz CT molecular complexity index is 302. The lowest BCUT2D eigenvalue weighted by atomic mass is 9.90. The molecule has 0 bridgehead atoms. The van der Waals surface area contributed by atoms with E-state index in [9.17, 15) is 12.9 Å². The first-order valence-corrected chi connectivity index (χ1v) is 3.72. The van der Waals surface area contributed by atoms with Gasteiger partial charge in [-0.25, -0.2) is 0 Å². The fourth-order valence-corrected chi connectivity index (χ4v) is 0.827. The second-order valence-electron chi connectivity index (χ2n) is 2.65. The minimum Gasteiger partial charge on any atom is -0.445 e. The molecular weight excluding hydrogens is 178 g/mol. The summed E-state index contributed by atoms with van der Waals surface area (Å²) in [6, 6.07) is 6.19. The van der Waals surface area contributed by atoms with Gasteiger partial charge >= 0.3 is 6.98 Å². The van der Waals surface area contributed by atoms with E-state index < -0.39 is 6.98 Å². The molecular formula is C8H8BF3N-. The van der Waals surface area contributed by atoms with E-state index in [1.807, 2.05) is 0 Å². The van der Waals surface area contributed by atoms with Gasteiger partial charge in [0.2, 0.25) is 0 Å². The van der Waals surface area contributed by atoms with Crippen LogP contribution in [0.1, 0.15) is 5.56 Å². The summed E-state index contributed by atoms with van der Waals surface area (Å²) in [5.74, 6) is 0.255. The van der Waals surface area contributed by atoms with Crippen LogP contribution in [0, 0.1) is 0 Å². The molecule has 0 radical (unpaired) electrons. The summed E-state index contributed by atoms with van der Waals surface area (Å²) in [6.07, 6.45) is 1.03. The minimum atomic E-state index is -4.85. The molecule has 0 atom stereocenters. The van der Waals surface area contributed by atoms with Crippen LogP contribution in [-0.2, 0) is 0 Å². The van der Waals surface area contributed by atoms with Crippen LogP contribution >= 0.6 is 0 Å². The molecule has 1 aromatic rings. The Morgan fingerprint density at radius 1 is 1.08 bits per heavy atom. The molecule has 70 valence electrons. The third-order valence-electron chi connectivity index (χ3n) is 1.44. The maximum atomic E-state index is 11.8. The Morgan fingerprint density at radius 2 is 1.62 bits per heavy atom. The molecule has 0 saturated carbocycles. The van der Waals surface area contributed by atoms with Gasteiger partial charge in [0.25, 0.3) is 0 Å². The number of hydrogen-bond acceptors (Lipinski definition) is 1. The number of rotatable bonds is 2. The van der Waals surface area contributed by atoms with E-state index in [1.54, 1.807) is 12.1 Å². The van der Waals surface area contributed by atoms with E-state index in [1.165, 1.54) is 12.1 Å². The molecule has 0 saturated heterocycles. The number of nitrogens with two attached hydrogens (primary N) is 1. The third-order valence-corrected chi connectivity index (χ3v) is 1.44. The van der Waals surface area contributed by atoms with Gasteiger partial charge in [-0.2, -0.15) is 0 Å². The number of benzene rings is 1. The second kappa shape index (κ2) is 3.55. The van der Waals surface area contributed by atoms with Crippen molar-refractivity contribution in [3.05, 3.63) is 35.8 Å². The van der Waals surface area contributed by atoms with Crippen molar-refractivity contribution >= 4 is 18.7 Å². The fraction of sp³-hybridized carbons (Fsp3) is 0. The van der Waals surface area contributed by atoms with E-state index in [2.05, 4.69) is 0 Å². The van der Waals surface area contributed by atoms with Gasteiger partial charge in [0.05, 0.1) is 0 Å². The largest absolute Gasteiger partial charge is 0.502 e. The van der Waals surface area contributed by atoms with Gasteiger partial charge in [-0.15, -0.1) is 5.98 Å². The predicted octanol–water partition coefficient (Wildman–Crippen LogP) is 2.67. The van der Waals surface area contributed by atoms with Gasteiger partial charge in [0.15, 0.2) is 0 Å². The van der Waals surface area contributed by atoms with Crippen molar-refractivity contribution in [2.45, 2.75) is 0 Å². The maximum absolute atomic E-state index is 11.8. The van der Waals surface area contributed by atoms with E-state index in [-0.39, 0.29) is 5.98 Å². The minimum absolute atomic E-state index is 0.255. The molecule has 0 amide bonds. The summed E-state index contributed by atoms with van der Waals surface area (Å²) < 4.78 is 35.3. The molecule has 1 nitrogen and oxygen atoms in total. The lowest BCUT2D eigenvalue weighted by Gasteiger charge is -2.06. The van der Waals surface area contributed by atoms with Crippen LogP contribution in [0.5, 0.6) is 0 Å². The number of nitrogen functional groups attached to an aromatic ring is 1. The zero-order valence-corrected chi connectivity index (χ0v) is 6.75. The predicted molar refractivity (Wildman–Crippen MR) is 49.0 cm³/mol. The molecule has 5 heteroatoms. The zero-order valence-electron chi connectivity index (χ0n) is 6.75. The molecule has 0 fully saturated rings. The van der Waals surface area contributed by atoms with E-state index in [0.29, 0.717) is 11.3 Å². The first-order valence-electron chi connectivity index (χ1n) is 3.72. The smallest absolute Gasteiger partial charge is 0.445 e. The Hall–Kier alpha value is -1.39. The molecule has 0 aliphatic rings.